The Balaban J connectivity index is 1.72. The molecule has 2 aromatic carbocycles. The molecule has 1 fully saturated rings. The molecule has 0 radical (unpaired) electrons. The number of amidine groups is 1. The first kappa shape index (κ1) is 22.3. The van der Waals surface area contributed by atoms with E-state index in [9.17, 15) is 13.2 Å². The third-order valence-corrected chi connectivity index (χ3v) is 8.74. The molecule has 2 heterocycles. The molecular weight excluding hydrogens is 454 g/mol. The van der Waals surface area contributed by atoms with Gasteiger partial charge in [-0.15, -0.1) is 0 Å². The topological polar surface area (TPSA) is 70.1 Å². The monoisotopic (exact) mass is 477 g/mol. The molecule has 31 heavy (non-hydrogen) atoms. The number of aliphatic imine (C=N–C) groups is 1. The summed E-state index contributed by atoms with van der Waals surface area (Å²) in [5, 5.41) is 1.17. The molecule has 0 spiro atoms. The number of rotatable bonds is 4. The zero-order chi connectivity index (χ0) is 22.0. The molecule has 6 nitrogen and oxygen atoms in total. The number of halogens is 1. The molecule has 2 atom stereocenters. The van der Waals surface area contributed by atoms with Crippen molar-refractivity contribution in [3.05, 3.63) is 59.6 Å². The molecule has 0 bridgehead atoms. The summed E-state index contributed by atoms with van der Waals surface area (Å²) in [5.41, 5.74) is 0.636. The zero-order valence-electron chi connectivity index (χ0n) is 17.1. The fourth-order valence-corrected chi connectivity index (χ4v) is 6.66. The Morgan fingerprint density at radius 2 is 1.84 bits per heavy atom. The van der Waals surface area contributed by atoms with E-state index in [1.54, 1.807) is 59.5 Å². The Morgan fingerprint density at radius 3 is 2.48 bits per heavy atom. The van der Waals surface area contributed by atoms with Crippen molar-refractivity contribution in [3.8, 4) is 0 Å². The molecule has 0 aliphatic carbocycles. The Morgan fingerprint density at radius 1 is 1.13 bits per heavy atom. The summed E-state index contributed by atoms with van der Waals surface area (Å²) in [5.74, 6) is 0.505. The van der Waals surface area contributed by atoms with Crippen LogP contribution in [0.1, 0.15) is 26.2 Å². The maximum atomic E-state index is 13.9. The Kier molecular flexibility index (Phi) is 6.71. The minimum absolute atomic E-state index is 0.0955. The van der Waals surface area contributed by atoms with Crippen LogP contribution < -0.4 is 4.90 Å². The molecule has 164 valence electrons. The molecule has 1 saturated heterocycles. The zero-order valence-corrected chi connectivity index (χ0v) is 19.5. The number of hydrogen-bond acceptors (Lipinski definition) is 5. The first-order valence-corrected chi connectivity index (χ1v) is 13.1. The van der Waals surface area contributed by atoms with Crippen molar-refractivity contribution in [1.29, 1.82) is 0 Å². The molecule has 0 aromatic heterocycles. The van der Waals surface area contributed by atoms with Crippen LogP contribution >= 0.6 is 23.4 Å². The van der Waals surface area contributed by atoms with Crippen molar-refractivity contribution >= 4 is 50.1 Å². The second-order valence-electron chi connectivity index (χ2n) is 7.66. The Hall–Kier alpha value is -1.87. The van der Waals surface area contributed by atoms with E-state index in [1.807, 2.05) is 6.92 Å². The van der Waals surface area contributed by atoms with Crippen LogP contribution in [0.15, 0.2) is 64.5 Å². The SMILES string of the molecule is CC1CSC(N(C(=O)C2CCCCN2S(=O)(=O)c2ccccc2)c2ccc(Cl)cc2)=N1. The number of anilines is 1. The van der Waals surface area contributed by atoms with Crippen molar-refractivity contribution in [2.24, 2.45) is 4.99 Å². The highest BCUT2D eigenvalue weighted by Gasteiger charge is 2.41. The van der Waals surface area contributed by atoms with Gasteiger partial charge in [-0.1, -0.05) is 48.0 Å². The van der Waals surface area contributed by atoms with Crippen LogP contribution in [0.25, 0.3) is 0 Å². The fraction of sp³-hybridized carbons (Fsp3) is 0.364. The van der Waals surface area contributed by atoms with Crippen LogP contribution in [0, 0.1) is 0 Å². The maximum absolute atomic E-state index is 13.9. The van der Waals surface area contributed by atoms with Gasteiger partial charge in [-0.2, -0.15) is 4.31 Å². The average molecular weight is 478 g/mol. The number of amides is 1. The van der Waals surface area contributed by atoms with Crippen LogP contribution in [0.3, 0.4) is 0 Å². The predicted molar refractivity (Wildman–Crippen MR) is 126 cm³/mol. The van der Waals surface area contributed by atoms with Gasteiger partial charge in [0, 0.05) is 17.3 Å². The molecule has 2 unspecified atom stereocenters. The van der Waals surface area contributed by atoms with Gasteiger partial charge in [0.05, 0.1) is 16.6 Å². The molecule has 0 saturated carbocycles. The highest BCUT2D eigenvalue weighted by molar-refractivity contribution is 8.14. The molecule has 2 aliphatic rings. The van der Waals surface area contributed by atoms with E-state index in [0.29, 0.717) is 28.8 Å². The van der Waals surface area contributed by atoms with E-state index in [4.69, 9.17) is 11.6 Å². The van der Waals surface area contributed by atoms with Crippen molar-refractivity contribution in [2.45, 2.75) is 43.2 Å². The Labute approximate surface area is 192 Å². The normalized spacial score (nSPS) is 22.2. The number of hydrogen-bond donors (Lipinski definition) is 0. The first-order valence-electron chi connectivity index (χ1n) is 10.2. The summed E-state index contributed by atoms with van der Waals surface area (Å²) >= 11 is 7.56. The van der Waals surface area contributed by atoms with Crippen molar-refractivity contribution in [2.75, 3.05) is 17.2 Å². The summed E-state index contributed by atoms with van der Waals surface area (Å²) < 4.78 is 28.1. The van der Waals surface area contributed by atoms with Gasteiger partial charge in [0.1, 0.15) is 6.04 Å². The van der Waals surface area contributed by atoms with Crippen LogP contribution in [0.5, 0.6) is 0 Å². The van der Waals surface area contributed by atoms with E-state index < -0.39 is 16.1 Å². The lowest BCUT2D eigenvalue weighted by atomic mass is 10.0. The molecule has 2 aromatic rings. The van der Waals surface area contributed by atoms with Crippen LogP contribution in [-0.2, 0) is 14.8 Å². The highest BCUT2D eigenvalue weighted by Crippen LogP contribution is 2.32. The van der Waals surface area contributed by atoms with Crippen LogP contribution in [0.4, 0.5) is 5.69 Å². The van der Waals surface area contributed by atoms with Crippen molar-refractivity contribution in [3.63, 3.8) is 0 Å². The molecule has 9 heteroatoms. The third kappa shape index (κ3) is 4.67. The van der Waals surface area contributed by atoms with Gasteiger partial charge in [-0.3, -0.25) is 14.7 Å². The van der Waals surface area contributed by atoms with Crippen LogP contribution in [-0.4, -0.2) is 48.2 Å². The van der Waals surface area contributed by atoms with Gasteiger partial charge in [0.15, 0.2) is 5.17 Å². The average Bonchev–Trinajstić information content (AvgIpc) is 3.21. The van der Waals surface area contributed by atoms with Gasteiger partial charge in [0.2, 0.25) is 10.0 Å². The lowest BCUT2D eigenvalue weighted by Gasteiger charge is -2.36. The lowest BCUT2D eigenvalue weighted by Crippen LogP contribution is -2.54. The summed E-state index contributed by atoms with van der Waals surface area (Å²) in [4.78, 5) is 20.3. The smallest absolute Gasteiger partial charge is 0.251 e. The molecule has 1 amide bonds. The number of nitrogens with zero attached hydrogens (tertiary/aromatic N) is 3. The Bertz CT molecular complexity index is 1070. The summed E-state index contributed by atoms with van der Waals surface area (Å²) in [7, 11) is -3.79. The van der Waals surface area contributed by atoms with Gasteiger partial charge in [0.25, 0.3) is 5.91 Å². The van der Waals surface area contributed by atoms with E-state index in [0.717, 1.165) is 18.6 Å². The maximum Gasteiger partial charge on any atom is 0.251 e. The molecule has 0 N–H and O–H groups in total. The van der Waals surface area contributed by atoms with Crippen molar-refractivity contribution in [1.82, 2.24) is 4.31 Å². The minimum atomic E-state index is -3.79. The number of thioether (sulfide) groups is 1. The van der Waals surface area contributed by atoms with Gasteiger partial charge in [-0.05, 0) is 56.2 Å². The quantitative estimate of drug-likeness (QED) is 0.654. The predicted octanol–water partition coefficient (Wildman–Crippen LogP) is 4.41. The van der Waals surface area contributed by atoms with E-state index in [-0.39, 0.29) is 16.8 Å². The summed E-state index contributed by atoms with van der Waals surface area (Å²) in [6, 6.07) is 14.6. The number of piperidine rings is 1. The van der Waals surface area contributed by atoms with Gasteiger partial charge < -0.3 is 0 Å². The number of benzene rings is 2. The van der Waals surface area contributed by atoms with Gasteiger partial charge >= 0.3 is 0 Å². The minimum Gasteiger partial charge on any atom is -0.272 e. The van der Waals surface area contributed by atoms with Crippen molar-refractivity contribution < 1.29 is 13.2 Å². The standard InChI is InChI=1S/C22H24ClN3O3S2/c1-16-15-30-22(24-16)26(18-12-10-17(23)11-13-18)21(27)20-9-5-6-14-25(20)31(28,29)19-7-3-2-4-8-19/h2-4,7-8,10-13,16,20H,5-6,9,14-15H2,1H3. The third-order valence-electron chi connectivity index (χ3n) is 5.37. The van der Waals surface area contributed by atoms with E-state index in [2.05, 4.69) is 4.99 Å². The number of sulfonamides is 1. The van der Waals surface area contributed by atoms with E-state index in [1.165, 1.54) is 16.1 Å². The highest BCUT2D eigenvalue weighted by atomic mass is 35.5. The van der Waals surface area contributed by atoms with Gasteiger partial charge in [-0.25, -0.2) is 8.42 Å². The fourth-order valence-electron chi connectivity index (χ4n) is 3.82. The molecule has 2 aliphatic heterocycles. The number of carbonyl (C=O) groups is 1. The van der Waals surface area contributed by atoms with E-state index >= 15 is 0 Å². The molecular formula is C22H24ClN3O3S2. The largest absolute Gasteiger partial charge is 0.272 e. The second-order valence-corrected chi connectivity index (χ2v) is 11.0. The van der Waals surface area contributed by atoms with Crippen LogP contribution in [0.2, 0.25) is 5.02 Å². The number of carbonyl (C=O) groups excluding carboxylic acids is 1. The lowest BCUT2D eigenvalue weighted by molar-refractivity contribution is -0.122. The summed E-state index contributed by atoms with van der Waals surface area (Å²) in [6.45, 7) is 2.31. The summed E-state index contributed by atoms with van der Waals surface area (Å²) in [6.07, 6.45) is 1.99. The second kappa shape index (κ2) is 9.32. The first-order chi connectivity index (χ1) is 14.9. The molecule has 4 rings (SSSR count).